The molecule has 19 heavy (non-hydrogen) atoms. The average molecular weight is 252 g/mol. The van der Waals surface area contributed by atoms with Crippen LogP contribution in [-0.2, 0) is 19.4 Å². The molecule has 0 saturated heterocycles. The fraction of sp³-hybridized carbons (Fsp3) is 0.333. The Hall–Kier alpha value is -1.76. The summed E-state index contributed by atoms with van der Waals surface area (Å²) in [5, 5.41) is 0. The van der Waals surface area contributed by atoms with Gasteiger partial charge in [0.05, 0.1) is 0 Å². The topological polar surface area (TPSA) is 9.23 Å². The number of hydrogen-bond donors (Lipinski definition) is 0. The molecule has 1 aliphatic rings. The van der Waals surface area contributed by atoms with Crippen molar-refractivity contribution in [3.63, 3.8) is 0 Å². The van der Waals surface area contributed by atoms with Gasteiger partial charge in [0, 0.05) is 0 Å². The van der Waals surface area contributed by atoms with Gasteiger partial charge in [-0.2, -0.15) is 0 Å². The van der Waals surface area contributed by atoms with Crippen LogP contribution in [0.1, 0.15) is 34.2 Å². The van der Waals surface area contributed by atoms with E-state index in [1.807, 2.05) is 0 Å². The second-order valence-corrected chi connectivity index (χ2v) is 5.51. The lowest BCUT2D eigenvalue weighted by Crippen LogP contribution is -1.98. The molecule has 3 rings (SSSR count). The molecule has 2 aromatic rings. The highest BCUT2D eigenvalue weighted by molar-refractivity contribution is 5.37. The smallest absolute Gasteiger partial charge is 0.122 e. The number of benzene rings is 2. The monoisotopic (exact) mass is 252 g/mol. The van der Waals surface area contributed by atoms with Gasteiger partial charge in [0.2, 0.25) is 0 Å². The van der Waals surface area contributed by atoms with Crippen molar-refractivity contribution < 1.29 is 4.74 Å². The van der Waals surface area contributed by atoms with E-state index in [4.69, 9.17) is 4.74 Å². The van der Waals surface area contributed by atoms with E-state index in [1.165, 1.54) is 47.1 Å². The van der Waals surface area contributed by atoms with Crippen molar-refractivity contribution in [1.82, 2.24) is 0 Å². The highest BCUT2D eigenvalue weighted by Crippen LogP contribution is 2.24. The first-order valence-electron chi connectivity index (χ1n) is 7.03. The van der Waals surface area contributed by atoms with Gasteiger partial charge in [0.1, 0.15) is 12.4 Å². The van der Waals surface area contributed by atoms with Crippen molar-refractivity contribution in [3.8, 4) is 5.75 Å². The third-order valence-electron chi connectivity index (χ3n) is 3.90. The summed E-state index contributed by atoms with van der Waals surface area (Å²) in [4.78, 5) is 0. The average Bonchev–Trinajstić information content (AvgIpc) is 2.87. The molecule has 0 N–H and O–H groups in total. The van der Waals surface area contributed by atoms with Crippen LogP contribution in [0.5, 0.6) is 5.75 Å². The van der Waals surface area contributed by atoms with E-state index in [-0.39, 0.29) is 0 Å². The van der Waals surface area contributed by atoms with Crippen molar-refractivity contribution in [2.45, 2.75) is 39.7 Å². The maximum absolute atomic E-state index is 5.96. The molecule has 0 radical (unpaired) electrons. The standard InChI is InChI=1S/C18H20O/c1-13-6-7-14(2)18(10-13)19-12-15-8-9-16-4-3-5-17(16)11-15/h6-11H,3-5,12H2,1-2H3. The third kappa shape index (κ3) is 2.65. The summed E-state index contributed by atoms with van der Waals surface area (Å²) in [5.41, 5.74) is 6.76. The van der Waals surface area contributed by atoms with Crippen LogP contribution in [0.25, 0.3) is 0 Å². The Bertz CT molecular complexity index is 599. The Morgan fingerprint density at radius 2 is 1.79 bits per heavy atom. The highest BCUT2D eigenvalue weighted by Gasteiger charge is 2.11. The predicted octanol–water partition coefficient (Wildman–Crippen LogP) is 4.37. The van der Waals surface area contributed by atoms with Gasteiger partial charge in [-0.25, -0.2) is 0 Å². The largest absolute Gasteiger partial charge is 0.489 e. The number of rotatable bonds is 3. The van der Waals surface area contributed by atoms with Crippen LogP contribution in [-0.4, -0.2) is 0 Å². The summed E-state index contributed by atoms with van der Waals surface area (Å²) >= 11 is 0. The molecular weight excluding hydrogens is 232 g/mol. The molecule has 0 spiro atoms. The van der Waals surface area contributed by atoms with Crippen LogP contribution >= 0.6 is 0 Å². The minimum Gasteiger partial charge on any atom is -0.489 e. The van der Waals surface area contributed by atoms with Crippen LogP contribution < -0.4 is 4.74 Å². The summed E-state index contributed by atoms with van der Waals surface area (Å²) in [6.45, 7) is 4.86. The summed E-state index contributed by atoms with van der Waals surface area (Å²) < 4.78 is 5.96. The molecule has 0 aliphatic heterocycles. The normalized spacial score (nSPS) is 13.4. The molecule has 1 heteroatoms. The molecule has 0 heterocycles. The first-order chi connectivity index (χ1) is 9.22. The van der Waals surface area contributed by atoms with Crippen LogP contribution in [0.2, 0.25) is 0 Å². The van der Waals surface area contributed by atoms with Gasteiger partial charge in [-0.15, -0.1) is 0 Å². The molecular formula is C18H20O. The molecule has 2 aromatic carbocycles. The summed E-state index contributed by atoms with van der Waals surface area (Å²) in [7, 11) is 0. The maximum atomic E-state index is 5.96. The van der Waals surface area contributed by atoms with Gasteiger partial charge < -0.3 is 4.74 Å². The molecule has 0 bridgehead atoms. The van der Waals surface area contributed by atoms with Gasteiger partial charge in [-0.1, -0.05) is 30.3 Å². The fourth-order valence-corrected chi connectivity index (χ4v) is 2.74. The predicted molar refractivity (Wildman–Crippen MR) is 78.7 cm³/mol. The number of fused-ring (bicyclic) bond motifs is 1. The molecule has 0 saturated carbocycles. The van der Waals surface area contributed by atoms with Crippen LogP contribution in [0, 0.1) is 13.8 Å². The lowest BCUT2D eigenvalue weighted by Gasteiger charge is -2.11. The van der Waals surface area contributed by atoms with Crippen molar-refractivity contribution in [1.29, 1.82) is 0 Å². The SMILES string of the molecule is Cc1ccc(C)c(OCc2ccc3c(c2)CCC3)c1. The van der Waals surface area contributed by atoms with Gasteiger partial charge in [-0.3, -0.25) is 0 Å². The Labute approximate surface area is 115 Å². The number of hydrogen-bond acceptors (Lipinski definition) is 1. The lowest BCUT2D eigenvalue weighted by molar-refractivity contribution is 0.304. The molecule has 0 aromatic heterocycles. The molecule has 0 unspecified atom stereocenters. The summed E-state index contributed by atoms with van der Waals surface area (Å²) in [6, 6.07) is 13.1. The molecule has 1 aliphatic carbocycles. The van der Waals surface area contributed by atoms with E-state index in [9.17, 15) is 0 Å². The minimum atomic E-state index is 0.664. The van der Waals surface area contributed by atoms with Gasteiger partial charge in [0.25, 0.3) is 0 Å². The van der Waals surface area contributed by atoms with E-state index in [1.54, 1.807) is 0 Å². The molecule has 0 fully saturated rings. The van der Waals surface area contributed by atoms with Crippen molar-refractivity contribution >= 4 is 0 Å². The lowest BCUT2D eigenvalue weighted by atomic mass is 10.1. The maximum Gasteiger partial charge on any atom is 0.122 e. The number of ether oxygens (including phenoxy) is 1. The molecule has 1 nitrogen and oxygen atoms in total. The summed E-state index contributed by atoms with van der Waals surface area (Å²) in [5.74, 6) is 1.00. The van der Waals surface area contributed by atoms with E-state index < -0.39 is 0 Å². The first kappa shape index (κ1) is 12.3. The van der Waals surface area contributed by atoms with E-state index in [0.29, 0.717) is 6.61 Å². The van der Waals surface area contributed by atoms with Crippen LogP contribution in [0.4, 0.5) is 0 Å². The van der Waals surface area contributed by atoms with Gasteiger partial charge in [-0.05, 0) is 67.0 Å². The van der Waals surface area contributed by atoms with E-state index in [2.05, 4.69) is 50.2 Å². The zero-order valence-electron chi connectivity index (χ0n) is 11.7. The van der Waals surface area contributed by atoms with Gasteiger partial charge >= 0.3 is 0 Å². The third-order valence-corrected chi connectivity index (χ3v) is 3.90. The van der Waals surface area contributed by atoms with Crippen LogP contribution in [0.3, 0.4) is 0 Å². The van der Waals surface area contributed by atoms with E-state index in [0.717, 1.165) is 5.75 Å². The second-order valence-electron chi connectivity index (χ2n) is 5.51. The zero-order chi connectivity index (χ0) is 13.2. The van der Waals surface area contributed by atoms with Crippen molar-refractivity contribution in [2.75, 3.05) is 0 Å². The molecule has 0 atom stereocenters. The Morgan fingerprint density at radius 1 is 0.947 bits per heavy atom. The first-order valence-corrected chi connectivity index (χ1v) is 7.03. The zero-order valence-corrected chi connectivity index (χ0v) is 11.7. The Balaban J connectivity index is 1.74. The molecule has 98 valence electrons. The fourth-order valence-electron chi connectivity index (χ4n) is 2.74. The number of aryl methyl sites for hydroxylation is 4. The van der Waals surface area contributed by atoms with Crippen molar-refractivity contribution in [2.24, 2.45) is 0 Å². The quantitative estimate of drug-likeness (QED) is 0.788. The van der Waals surface area contributed by atoms with Crippen molar-refractivity contribution in [3.05, 3.63) is 64.2 Å². The minimum absolute atomic E-state index is 0.664. The summed E-state index contributed by atoms with van der Waals surface area (Å²) in [6.07, 6.45) is 3.77. The Morgan fingerprint density at radius 3 is 2.68 bits per heavy atom. The molecule has 0 amide bonds. The second kappa shape index (κ2) is 5.08. The van der Waals surface area contributed by atoms with Gasteiger partial charge in [0.15, 0.2) is 0 Å². The Kier molecular flexibility index (Phi) is 3.29. The van der Waals surface area contributed by atoms with Crippen LogP contribution in [0.15, 0.2) is 36.4 Å². The highest BCUT2D eigenvalue weighted by atomic mass is 16.5. The van der Waals surface area contributed by atoms with E-state index >= 15 is 0 Å².